The molecule has 4 aromatic heterocycles. The van der Waals surface area contributed by atoms with E-state index in [1.807, 2.05) is 24.3 Å². The van der Waals surface area contributed by atoms with Gasteiger partial charge < -0.3 is 9.40 Å². The molecule has 5 heteroatoms. The Hall–Kier alpha value is -5.42. The Balaban J connectivity index is 1.47. The van der Waals surface area contributed by atoms with Crippen molar-refractivity contribution >= 4 is 65.7 Å². The molecular weight excluding hydrogens is 480 g/mol. The zero-order valence-corrected chi connectivity index (χ0v) is 20.7. The van der Waals surface area contributed by atoms with E-state index in [0.29, 0.717) is 11.5 Å². The fourth-order valence-corrected chi connectivity index (χ4v) is 6.05. The van der Waals surface area contributed by atoms with Crippen molar-refractivity contribution in [1.29, 1.82) is 0 Å². The number of aromatic nitrogens is 4. The van der Waals surface area contributed by atoms with Gasteiger partial charge in [-0.25, -0.2) is 9.97 Å². The van der Waals surface area contributed by atoms with Gasteiger partial charge in [0.05, 0.1) is 21.9 Å². The van der Waals surface area contributed by atoms with Crippen molar-refractivity contribution in [2.24, 2.45) is 0 Å². The molecule has 0 saturated heterocycles. The first kappa shape index (κ1) is 20.6. The van der Waals surface area contributed by atoms with Crippen LogP contribution in [-0.2, 0) is 0 Å². The highest BCUT2D eigenvalue weighted by Gasteiger charge is 2.22. The molecule has 9 aromatic rings. The van der Waals surface area contributed by atoms with Gasteiger partial charge in [-0.3, -0.25) is 4.57 Å². The van der Waals surface area contributed by atoms with Crippen LogP contribution in [0.3, 0.4) is 0 Å². The maximum absolute atomic E-state index is 6.71. The SMILES string of the molecule is c1ccc(-c2nc(-n3c4ccccc4c4ccccc43)nc3c2oc2c3ccc3[nH]c4ccccc4c32)cc1. The van der Waals surface area contributed by atoms with Crippen molar-refractivity contribution in [1.82, 2.24) is 19.5 Å². The monoisotopic (exact) mass is 500 g/mol. The van der Waals surface area contributed by atoms with Gasteiger partial charge in [0.15, 0.2) is 5.58 Å². The summed E-state index contributed by atoms with van der Waals surface area (Å²) in [5, 5.41) is 5.53. The molecule has 5 nitrogen and oxygen atoms in total. The molecule has 39 heavy (non-hydrogen) atoms. The van der Waals surface area contributed by atoms with Crippen LogP contribution < -0.4 is 0 Å². The molecular formula is C34H20N4O. The summed E-state index contributed by atoms with van der Waals surface area (Å²) in [6.45, 7) is 0. The predicted octanol–water partition coefficient (Wildman–Crippen LogP) is 8.77. The van der Waals surface area contributed by atoms with E-state index in [2.05, 4.69) is 101 Å². The number of aromatic amines is 1. The summed E-state index contributed by atoms with van der Waals surface area (Å²) >= 11 is 0. The van der Waals surface area contributed by atoms with Gasteiger partial charge in [0.25, 0.3) is 0 Å². The average Bonchev–Trinajstić information content (AvgIpc) is 3.66. The fraction of sp³-hybridized carbons (Fsp3) is 0. The third-order valence-corrected chi connectivity index (χ3v) is 7.76. The Morgan fingerprint density at radius 2 is 1.21 bits per heavy atom. The van der Waals surface area contributed by atoms with Crippen molar-refractivity contribution in [2.75, 3.05) is 0 Å². The molecule has 4 heterocycles. The number of para-hydroxylation sites is 3. The standard InChI is InChI=1S/C34H20N4O/c1-2-10-20(11-3-1)30-33-31(24-18-19-26-29(32(24)39-33)23-14-4-7-15-25(23)35-26)37-34(36-30)38-27-16-8-5-12-21(27)22-13-6-9-17-28(22)38/h1-19,35H. The smallest absolute Gasteiger partial charge is 0.236 e. The first-order chi connectivity index (χ1) is 19.3. The van der Waals surface area contributed by atoms with Crippen molar-refractivity contribution in [3.05, 3.63) is 115 Å². The van der Waals surface area contributed by atoms with Crippen LogP contribution in [0.2, 0.25) is 0 Å². The number of H-pyrrole nitrogens is 1. The first-order valence-electron chi connectivity index (χ1n) is 13.0. The summed E-state index contributed by atoms with van der Waals surface area (Å²) in [5.41, 5.74) is 8.36. The Labute approximate surface area is 221 Å². The topological polar surface area (TPSA) is 59.6 Å². The van der Waals surface area contributed by atoms with Gasteiger partial charge >= 0.3 is 0 Å². The van der Waals surface area contributed by atoms with E-state index >= 15 is 0 Å². The molecule has 0 amide bonds. The van der Waals surface area contributed by atoms with E-state index in [-0.39, 0.29) is 0 Å². The van der Waals surface area contributed by atoms with Crippen LogP contribution in [0.1, 0.15) is 0 Å². The normalized spacial score (nSPS) is 12.1. The average molecular weight is 501 g/mol. The number of hydrogen-bond acceptors (Lipinski definition) is 3. The van der Waals surface area contributed by atoms with Gasteiger partial charge in [0, 0.05) is 32.6 Å². The van der Waals surface area contributed by atoms with Crippen molar-refractivity contribution in [3.63, 3.8) is 0 Å². The zero-order valence-electron chi connectivity index (χ0n) is 20.7. The minimum Gasteiger partial charge on any atom is -0.451 e. The highest BCUT2D eigenvalue weighted by atomic mass is 16.3. The molecule has 5 aromatic carbocycles. The van der Waals surface area contributed by atoms with E-state index in [1.165, 1.54) is 10.8 Å². The van der Waals surface area contributed by atoms with Crippen LogP contribution in [0, 0.1) is 0 Å². The lowest BCUT2D eigenvalue weighted by molar-refractivity contribution is 0.670. The van der Waals surface area contributed by atoms with Crippen LogP contribution in [0.4, 0.5) is 0 Å². The fourth-order valence-electron chi connectivity index (χ4n) is 6.05. The van der Waals surface area contributed by atoms with E-state index in [4.69, 9.17) is 14.4 Å². The molecule has 0 bridgehead atoms. The number of rotatable bonds is 2. The summed E-state index contributed by atoms with van der Waals surface area (Å²) in [7, 11) is 0. The molecule has 9 rings (SSSR count). The lowest BCUT2D eigenvalue weighted by Gasteiger charge is -2.09. The van der Waals surface area contributed by atoms with Gasteiger partial charge in [-0.2, -0.15) is 0 Å². The van der Waals surface area contributed by atoms with Crippen LogP contribution in [0.25, 0.3) is 82.9 Å². The predicted molar refractivity (Wildman–Crippen MR) is 158 cm³/mol. The van der Waals surface area contributed by atoms with Crippen molar-refractivity contribution in [3.8, 4) is 17.2 Å². The molecule has 0 aliphatic heterocycles. The van der Waals surface area contributed by atoms with Gasteiger partial charge in [0.1, 0.15) is 16.8 Å². The van der Waals surface area contributed by atoms with Crippen LogP contribution >= 0.6 is 0 Å². The molecule has 0 fully saturated rings. The Morgan fingerprint density at radius 3 is 1.97 bits per heavy atom. The summed E-state index contributed by atoms with van der Waals surface area (Å²) < 4.78 is 8.88. The van der Waals surface area contributed by atoms with Gasteiger partial charge in [0.2, 0.25) is 5.95 Å². The summed E-state index contributed by atoms with van der Waals surface area (Å²) in [6, 6.07) is 39.7. The Kier molecular flexibility index (Phi) is 3.99. The minimum absolute atomic E-state index is 0.625. The lowest BCUT2D eigenvalue weighted by Crippen LogP contribution is -2.02. The maximum Gasteiger partial charge on any atom is 0.236 e. The highest BCUT2D eigenvalue weighted by molar-refractivity contribution is 6.23. The number of benzene rings is 5. The number of nitrogens with one attached hydrogen (secondary N) is 1. The summed E-state index contributed by atoms with van der Waals surface area (Å²) in [4.78, 5) is 13.9. The highest BCUT2D eigenvalue weighted by Crippen LogP contribution is 2.40. The van der Waals surface area contributed by atoms with Crippen LogP contribution in [-0.4, -0.2) is 19.5 Å². The molecule has 1 N–H and O–H groups in total. The second-order valence-electron chi connectivity index (χ2n) is 9.92. The molecule has 0 spiro atoms. The van der Waals surface area contributed by atoms with Gasteiger partial charge in [-0.15, -0.1) is 0 Å². The minimum atomic E-state index is 0.625. The number of nitrogens with zero attached hydrogens (tertiary/aromatic N) is 3. The van der Waals surface area contributed by atoms with Crippen molar-refractivity contribution in [2.45, 2.75) is 0 Å². The quantitative estimate of drug-likeness (QED) is 0.258. The second-order valence-corrected chi connectivity index (χ2v) is 9.92. The molecule has 182 valence electrons. The largest absolute Gasteiger partial charge is 0.451 e. The molecule has 0 saturated carbocycles. The molecule has 0 radical (unpaired) electrons. The third-order valence-electron chi connectivity index (χ3n) is 7.76. The molecule has 0 aliphatic rings. The second kappa shape index (κ2) is 7.55. The lowest BCUT2D eigenvalue weighted by atomic mass is 10.1. The van der Waals surface area contributed by atoms with Crippen molar-refractivity contribution < 1.29 is 4.42 Å². The first-order valence-corrected chi connectivity index (χ1v) is 13.0. The molecule has 0 aliphatic carbocycles. The number of furan rings is 1. The van der Waals surface area contributed by atoms with Crippen LogP contribution in [0.15, 0.2) is 120 Å². The number of hydrogen-bond donors (Lipinski definition) is 1. The van der Waals surface area contributed by atoms with Gasteiger partial charge in [-0.05, 0) is 30.3 Å². The van der Waals surface area contributed by atoms with Gasteiger partial charge in [-0.1, -0.05) is 84.9 Å². The van der Waals surface area contributed by atoms with E-state index in [1.54, 1.807) is 0 Å². The Bertz CT molecular complexity index is 2340. The maximum atomic E-state index is 6.71. The van der Waals surface area contributed by atoms with E-state index < -0.39 is 0 Å². The van der Waals surface area contributed by atoms with Crippen LogP contribution in [0.5, 0.6) is 0 Å². The summed E-state index contributed by atoms with van der Waals surface area (Å²) in [5.74, 6) is 0.625. The molecule has 0 unspecified atom stereocenters. The third kappa shape index (κ3) is 2.79. The van der Waals surface area contributed by atoms with E-state index in [0.717, 1.165) is 60.6 Å². The summed E-state index contributed by atoms with van der Waals surface area (Å²) in [6.07, 6.45) is 0. The Morgan fingerprint density at radius 1 is 0.538 bits per heavy atom. The number of fused-ring (bicyclic) bond motifs is 10. The van der Waals surface area contributed by atoms with E-state index in [9.17, 15) is 0 Å². The zero-order chi connectivity index (χ0) is 25.5. The molecule has 0 atom stereocenters.